The minimum Gasteiger partial charge on any atom is -0.337 e. The Morgan fingerprint density at radius 1 is 1.13 bits per heavy atom. The lowest BCUT2D eigenvalue weighted by Gasteiger charge is -2.07. The van der Waals surface area contributed by atoms with Crippen molar-refractivity contribution in [1.29, 1.82) is 0 Å². The van der Waals surface area contributed by atoms with E-state index in [1.54, 1.807) is 41.2 Å². The molecule has 0 amide bonds. The summed E-state index contributed by atoms with van der Waals surface area (Å²) < 4.78 is 33.0. The maximum Gasteiger partial charge on any atom is 0.178 e. The fourth-order valence-electron chi connectivity index (χ4n) is 3.34. The Morgan fingerprint density at radius 2 is 2.03 bits per heavy atom. The maximum atomic E-state index is 14.3. The summed E-state index contributed by atoms with van der Waals surface area (Å²) in [7, 11) is 1.76. The molecule has 31 heavy (non-hydrogen) atoms. The van der Waals surface area contributed by atoms with Gasteiger partial charge in [0.05, 0.1) is 12.9 Å². The Hall–Kier alpha value is -4.02. The Balaban J connectivity index is 1.54. The molecular formula is C20H17F2N9. The van der Waals surface area contributed by atoms with Crippen molar-refractivity contribution in [2.45, 2.75) is 19.5 Å². The van der Waals surface area contributed by atoms with E-state index in [1.165, 1.54) is 0 Å². The van der Waals surface area contributed by atoms with Gasteiger partial charge in [-0.3, -0.25) is 0 Å². The van der Waals surface area contributed by atoms with E-state index in [0.29, 0.717) is 41.3 Å². The molecule has 0 aliphatic carbocycles. The van der Waals surface area contributed by atoms with Crippen molar-refractivity contribution in [2.75, 3.05) is 0 Å². The average molecular weight is 421 g/mol. The van der Waals surface area contributed by atoms with Gasteiger partial charge >= 0.3 is 0 Å². The number of halogens is 2. The van der Waals surface area contributed by atoms with Gasteiger partial charge < -0.3 is 4.57 Å². The number of nitrogens with zero attached hydrogens (tertiary/aromatic N) is 9. The molecule has 0 unspecified atom stereocenters. The van der Waals surface area contributed by atoms with Gasteiger partial charge in [0.2, 0.25) is 0 Å². The second-order valence-corrected chi connectivity index (χ2v) is 7.08. The number of aryl methyl sites for hydroxylation is 3. The topological polar surface area (TPSA) is 92.1 Å². The molecule has 156 valence electrons. The number of hydrogen-bond donors (Lipinski definition) is 0. The van der Waals surface area contributed by atoms with Crippen LogP contribution in [0.2, 0.25) is 0 Å². The molecule has 0 saturated heterocycles. The molecular weight excluding hydrogens is 404 g/mol. The van der Waals surface area contributed by atoms with Crippen LogP contribution in [0.25, 0.3) is 22.6 Å². The van der Waals surface area contributed by atoms with E-state index in [-0.39, 0.29) is 12.1 Å². The number of fused-ring (bicyclic) bond motifs is 1. The number of benzene rings is 1. The lowest BCUT2D eigenvalue weighted by Crippen LogP contribution is -2.07. The van der Waals surface area contributed by atoms with Crippen LogP contribution in [0.15, 0.2) is 49.2 Å². The lowest BCUT2D eigenvalue weighted by atomic mass is 10.2. The lowest BCUT2D eigenvalue weighted by molar-refractivity contribution is 0.564. The van der Waals surface area contributed by atoms with Crippen LogP contribution >= 0.6 is 0 Å². The third-order valence-electron chi connectivity index (χ3n) is 4.89. The number of aromatic nitrogens is 9. The van der Waals surface area contributed by atoms with Gasteiger partial charge in [-0.2, -0.15) is 5.10 Å². The molecule has 4 aromatic heterocycles. The normalized spacial score (nSPS) is 11.5. The van der Waals surface area contributed by atoms with Gasteiger partial charge in [-0.05, 0) is 24.3 Å². The molecule has 0 spiro atoms. The molecule has 4 heterocycles. The van der Waals surface area contributed by atoms with Crippen LogP contribution < -0.4 is 0 Å². The van der Waals surface area contributed by atoms with Gasteiger partial charge in [-0.15, -0.1) is 5.10 Å². The molecule has 0 saturated carbocycles. The summed E-state index contributed by atoms with van der Waals surface area (Å²) in [4.78, 5) is 13.1. The standard InChI is InChI=1S/C20H17F2N9/c1-29-20-17(26-28-29)9-13(10-24-20)19-25-18(4-6-30-7-5-23-12-30)27-31(19)11-14-8-15(21)2-3-16(14)22/h2-3,5,7-10,12H,4,6,11H2,1H3. The second kappa shape index (κ2) is 7.67. The highest BCUT2D eigenvalue weighted by molar-refractivity contribution is 5.75. The molecule has 9 nitrogen and oxygen atoms in total. The zero-order valence-corrected chi connectivity index (χ0v) is 16.5. The maximum absolute atomic E-state index is 14.3. The van der Waals surface area contributed by atoms with Crippen LogP contribution in [-0.4, -0.2) is 44.3 Å². The third-order valence-corrected chi connectivity index (χ3v) is 4.89. The van der Waals surface area contributed by atoms with Crippen molar-refractivity contribution in [3.8, 4) is 11.4 Å². The van der Waals surface area contributed by atoms with Gasteiger partial charge in [0.1, 0.15) is 17.2 Å². The third kappa shape index (κ3) is 3.77. The number of hydrogen-bond acceptors (Lipinski definition) is 6. The summed E-state index contributed by atoms with van der Waals surface area (Å²) >= 11 is 0. The highest BCUT2D eigenvalue weighted by Gasteiger charge is 2.16. The summed E-state index contributed by atoms with van der Waals surface area (Å²) in [6, 6.07) is 5.16. The molecule has 0 bridgehead atoms. The summed E-state index contributed by atoms with van der Waals surface area (Å²) in [5, 5.41) is 12.6. The first-order chi connectivity index (χ1) is 15.1. The van der Waals surface area contributed by atoms with Crippen LogP contribution in [0.1, 0.15) is 11.4 Å². The van der Waals surface area contributed by atoms with E-state index >= 15 is 0 Å². The monoisotopic (exact) mass is 421 g/mol. The summed E-state index contributed by atoms with van der Waals surface area (Å²) in [5.41, 5.74) is 2.07. The molecule has 0 aliphatic rings. The van der Waals surface area contributed by atoms with Crippen molar-refractivity contribution in [3.63, 3.8) is 0 Å². The fraction of sp³-hybridized carbons (Fsp3) is 0.200. The van der Waals surface area contributed by atoms with Crippen LogP contribution in [0.4, 0.5) is 8.78 Å². The van der Waals surface area contributed by atoms with Gasteiger partial charge in [0, 0.05) is 49.7 Å². The average Bonchev–Trinajstić information content (AvgIpc) is 3.50. The molecule has 0 radical (unpaired) electrons. The van der Waals surface area contributed by atoms with Gasteiger partial charge in [0.25, 0.3) is 0 Å². The van der Waals surface area contributed by atoms with Gasteiger partial charge in [0.15, 0.2) is 17.3 Å². The Morgan fingerprint density at radius 3 is 2.87 bits per heavy atom. The highest BCUT2D eigenvalue weighted by Crippen LogP contribution is 2.22. The Kier molecular flexibility index (Phi) is 4.69. The molecule has 0 fully saturated rings. The van der Waals surface area contributed by atoms with E-state index in [1.807, 2.05) is 10.8 Å². The van der Waals surface area contributed by atoms with E-state index in [2.05, 4.69) is 30.4 Å². The van der Waals surface area contributed by atoms with E-state index in [0.717, 1.165) is 18.2 Å². The molecule has 0 N–H and O–H groups in total. The minimum absolute atomic E-state index is 0.0233. The Labute approximate surface area is 175 Å². The van der Waals surface area contributed by atoms with Crippen molar-refractivity contribution in [1.82, 2.24) is 44.3 Å². The first kappa shape index (κ1) is 19.0. The van der Waals surface area contributed by atoms with E-state index in [9.17, 15) is 8.78 Å². The summed E-state index contributed by atoms with van der Waals surface area (Å²) in [6.45, 7) is 0.661. The first-order valence-corrected chi connectivity index (χ1v) is 9.56. The predicted octanol–water partition coefficient (Wildman–Crippen LogP) is 2.39. The quantitative estimate of drug-likeness (QED) is 0.418. The molecule has 5 aromatic rings. The number of imidazole rings is 1. The highest BCUT2D eigenvalue weighted by atomic mass is 19.1. The number of pyridine rings is 1. The first-order valence-electron chi connectivity index (χ1n) is 9.56. The molecule has 0 atom stereocenters. The van der Waals surface area contributed by atoms with Crippen molar-refractivity contribution in [3.05, 3.63) is 72.2 Å². The predicted molar refractivity (Wildman–Crippen MR) is 107 cm³/mol. The van der Waals surface area contributed by atoms with Crippen LogP contribution in [0.3, 0.4) is 0 Å². The smallest absolute Gasteiger partial charge is 0.178 e. The van der Waals surface area contributed by atoms with Crippen molar-refractivity contribution >= 4 is 11.2 Å². The largest absolute Gasteiger partial charge is 0.337 e. The molecule has 0 aliphatic heterocycles. The van der Waals surface area contributed by atoms with Crippen LogP contribution in [0, 0.1) is 11.6 Å². The minimum atomic E-state index is -0.513. The molecule has 11 heteroatoms. The van der Waals surface area contributed by atoms with Crippen LogP contribution in [0.5, 0.6) is 0 Å². The fourth-order valence-corrected chi connectivity index (χ4v) is 3.34. The molecule has 5 rings (SSSR count). The zero-order valence-electron chi connectivity index (χ0n) is 16.5. The second-order valence-electron chi connectivity index (χ2n) is 7.08. The summed E-state index contributed by atoms with van der Waals surface area (Å²) in [6.07, 6.45) is 7.46. The van der Waals surface area contributed by atoms with Crippen molar-refractivity contribution in [2.24, 2.45) is 7.05 Å². The van der Waals surface area contributed by atoms with E-state index < -0.39 is 11.6 Å². The SMILES string of the molecule is Cn1nnc2cc(-c3nc(CCn4ccnc4)nn3Cc3cc(F)ccc3F)cnc21. The molecule has 1 aromatic carbocycles. The zero-order chi connectivity index (χ0) is 21.4. The van der Waals surface area contributed by atoms with Gasteiger partial charge in [-0.25, -0.2) is 33.1 Å². The van der Waals surface area contributed by atoms with Gasteiger partial charge in [-0.1, -0.05) is 5.21 Å². The van der Waals surface area contributed by atoms with E-state index in [4.69, 9.17) is 0 Å². The van der Waals surface area contributed by atoms with Crippen molar-refractivity contribution < 1.29 is 8.78 Å². The van der Waals surface area contributed by atoms with Crippen LogP contribution in [-0.2, 0) is 26.6 Å². The summed E-state index contributed by atoms with van der Waals surface area (Å²) in [5.74, 6) is 0.0375. The number of rotatable bonds is 6. The Bertz CT molecular complexity index is 1350.